The van der Waals surface area contributed by atoms with Gasteiger partial charge in [-0.1, -0.05) is 46.6 Å². The molecule has 2 aromatic carbocycles. The van der Waals surface area contributed by atoms with E-state index >= 15 is 0 Å². The van der Waals surface area contributed by atoms with E-state index in [4.69, 9.17) is 28.0 Å². The van der Waals surface area contributed by atoms with Gasteiger partial charge in [0.15, 0.2) is 6.10 Å². The molecular formula is C20H20Cl2FN3O2. The summed E-state index contributed by atoms with van der Waals surface area (Å²) in [5, 5.41) is 7.86. The Bertz CT molecular complexity index is 874. The lowest BCUT2D eigenvalue weighted by molar-refractivity contribution is 0.0590. The maximum atomic E-state index is 13.1. The van der Waals surface area contributed by atoms with Crippen LogP contribution in [0.5, 0.6) is 0 Å². The molecule has 3 rings (SSSR count). The molecule has 1 atom stereocenters. The van der Waals surface area contributed by atoms with Crippen molar-refractivity contribution in [3.05, 3.63) is 69.5 Å². The van der Waals surface area contributed by atoms with Gasteiger partial charge < -0.3 is 15.1 Å². The molecule has 1 aliphatic rings. The zero-order chi connectivity index (χ0) is 20.1. The number of nitrogens with one attached hydrogen (secondary N) is 1. The van der Waals surface area contributed by atoms with E-state index in [0.717, 1.165) is 16.8 Å². The van der Waals surface area contributed by atoms with Gasteiger partial charge in [0.1, 0.15) is 5.82 Å². The summed E-state index contributed by atoms with van der Waals surface area (Å²) in [5.74, 6) is -0.313. The molecule has 8 heteroatoms. The van der Waals surface area contributed by atoms with Crippen molar-refractivity contribution in [2.45, 2.75) is 26.0 Å². The first-order valence-electron chi connectivity index (χ1n) is 8.91. The van der Waals surface area contributed by atoms with E-state index in [-0.39, 0.29) is 18.0 Å². The normalized spacial score (nSPS) is 15.7. The molecule has 148 valence electrons. The van der Waals surface area contributed by atoms with Crippen LogP contribution in [0.3, 0.4) is 0 Å². The van der Waals surface area contributed by atoms with Gasteiger partial charge >= 0.3 is 6.03 Å². The molecule has 0 bridgehead atoms. The Kier molecular flexibility index (Phi) is 6.75. The number of amides is 2. The molecule has 1 aliphatic heterocycles. The predicted molar refractivity (Wildman–Crippen MR) is 108 cm³/mol. The number of nitrogens with zero attached hydrogens (tertiary/aromatic N) is 2. The topological polar surface area (TPSA) is 53.9 Å². The van der Waals surface area contributed by atoms with Crippen LogP contribution in [0.15, 0.2) is 47.6 Å². The van der Waals surface area contributed by atoms with Crippen molar-refractivity contribution in [2.24, 2.45) is 5.16 Å². The third-order valence-electron chi connectivity index (χ3n) is 4.31. The average molecular weight is 424 g/mol. The van der Waals surface area contributed by atoms with Crippen LogP contribution in [-0.4, -0.2) is 35.8 Å². The summed E-state index contributed by atoms with van der Waals surface area (Å²) < 4.78 is 13.1. The summed E-state index contributed by atoms with van der Waals surface area (Å²) in [6, 6.07) is 11.2. The van der Waals surface area contributed by atoms with Gasteiger partial charge in [0.05, 0.1) is 22.3 Å². The van der Waals surface area contributed by atoms with E-state index in [1.54, 1.807) is 29.2 Å². The van der Waals surface area contributed by atoms with Crippen molar-refractivity contribution in [1.29, 1.82) is 0 Å². The SMILES string of the molecule is CCNC(=O)N(Cc1ccc(F)cc1)C[C@@H]1CC(c2ccc(Cl)c(Cl)c2)=NO1. The molecule has 28 heavy (non-hydrogen) atoms. The van der Waals surface area contributed by atoms with Crippen molar-refractivity contribution < 1.29 is 14.0 Å². The molecule has 5 nitrogen and oxygen atoms in total. The third kappa shape index (κ3) is 5.14. The highest BCUT2D eigenvalue weighted by Gasteiger charge is 2.27. The van der Waals surface area contributed by atoms with E-state index in [9.17, 15) is 9.18 Å². The molecule has 0 fully saturated rings. The predicted octanol–water partition coefficient (Wildman–Crippen LogP) is 4.86. The first kappa shape index (κ1) is 20.4. The molecule has 0 radical (unpaired) electrons. The zero-order valence-electron chi connectivity index (χ0n) is 15.3. The van der Waals surface area contributed by atoms with Crippen LogP contribution in [0, 0.1) is 5.82 Å². The zero-order valence-corrected chi connectivity index (χ0v) is 16.8. The monoisotopic (exact) mass is 423 g/mol. The minimum atomic E-state index is -0.313. The number of urea groups is 1. The summed E-state index contributed by atoms with van der Waals surface area (Å²) in [7, 11) is 0. The van der Waals surface area contributed by atoms with Crippen LogP contribution in [0.2, 0.25) is 10.0 Å². The van der Waals surface area contributed by atoms with Crippen LogP contribution in [-0.2, 0) is 11.4 Å². The van der Waals surface area contributed by atoms with Gasteiger partial charge in [-0.3, -0.25) is 0 Å². The largest absolute Gasteiger partial charge is 0.390 e. The van der Waals surface area contributed by atoms with Crippen molar-refractivity contribution in [3.8, 4) is 0 Å². The van der Waals surface area contributed by atoms with Crippen molar-refractivity contribution in [3.63, 3.8) is 0 Å². The highest BCUT2D eigenvalue weighted by molar-refractivity contribution is 6.42. The molecule has 1 heterocycles. The van der Waals surface area contributed by atoms with Gasteiger partial charge in [-0.05, 0) is 36.8 Å². The van der Waals surface area contributed by atoms with Crippen LogP contribution >= 0.6 is 23.2 Å². The molecule has 0 saturated carbocycles. The number of oxime groups is 1. The molecule has 1 N–H and O–H groups in total. The Morgan fingerprint density at radius 3 is 2.68 bits per heavy atom. The van der Waals surface area contributed by atoms with Gasteiger partial charge in [0, 0.05) is 25.1 Å². The van der Waals surface area contributed by atoms with Crippen molar-refractivity contribution in [1.82, 2.24) is 10.2 Å². The van der Waals surface area contributed by atoms with Gasteiger partial charge in [-0.2, -0.15) is 0 Å². The molecule has 0 spiro atoms. The summed E-state index contributed by atoms with van der Waals surface area (Å²) in [6.45, 7) is 3.05. The Hall–Kier alpha value is -2.31. The first-order chi connectivity index (χ1) is 13.5. The number of rotatable bonds is 6. The quantitative estimate of drug-likeness (QED) is 0.721. The maximum Gasteiger partial charge on any atom is 0.317 e. The molecule has 2 amide bonds. The average Bonchev–Trinajstić information content (AvgIpc) is 3.14. The van der Waals surface area contributed by atoms with Crippen LogP contribution in [0.25, 0.3) is 0 Å². The minimum absolute atomic E-state index is 0.210. The highest BCUT2D eigenvalue weighted by Crippen LogP contribution is 2.26. The van der Waals surface area contributed by atoms with Crippen molar-refractivity contribution >= 4 is 34.9 Å². The number of hydrogen-bond acceptors (Lipinski definition) is 3. The van der Waals surface area contributed by atoms with Gasteiger partial charge in [0.2, 0.25) is 0 Å². The van der Waals surface area contributed by atoms with E-state index in [2.05, 4.69) is 10.5 Å². The summed E-state index contributed by atoms with van der Waals surface area (Å²) >= 11 is 12.0. The highest BCUT2D eigenvalue weighted by atomic mass is 35.5. The van der Waals surface area contributed by atoms with Gasteiger partial charge in [-0.25, -0.2) is 9.18 Å². The second-order valence-corrected chi connectivity index (χ2v) is 7.26. The summed E-state index contributed by atoms with van der Waals surface area (Å²) in [5.41, 5.74) is 2.41. The molecule has 0 saturated heterocycles. The lowest BCUT2D eigenvalue weighted by Crippen LogP contribution is -2.43. The summed E-state index contributed by atoms with van der Waals surface area (Å²) in [4.78, 5) is 19.6. The molecule has 0 aliphatic carbocycles. The smallest absolute Gasteiger partial charge is 0.317 e. The first-order valence-corrected chi connectivity index (χ1v) is 9.67. The maximum absolute atomic E-state index is 13.1. The van der Waals surface area contributed by atoms with Crippen LogP contribution in [0.1, 0.15) is 24.5 Å². The fraction of sp³-hybridized carbons (Fsp3) is 0.300. The van der Waals surface area contributed by atoms with E-state index in [1.165, 1.54) is 12.1 Å². The van der Waals surface area contributed by atoms with E-state index in [0.29, 0.717) is 36.1 Å². The fourth-order valence-corrected chi connectivity index (χ4v) is 3.21. The molecule has 2 aromatic rings. The minimum Gasteiger partial charge on any atom is -0.390 e. The number of halogens is 3. The summed E-state index contributed by atoms with van der Waals surface area (Å²) in [6.07, 6.45) is 0.254. The van der Waals surface area contributed by atoms with Crippen LogP contribution < -0.4 is 5.32 Å². The fourth-order valence-electron chi connectivity index (χ4n) is 2.91. The number of hydrogen-bond donors (Lipinski definition) is 1. The van der Waals surface area contributed by atoms with E-state index in [1.807, 2.05) is 13.0 Å². The third-order valence-corrected chi connectivity index (χ3v) is 5.05. The lowest BCUT2D eigenvalue weighted by Gasteiger charge is -2.25. The van der Waals surface area contributed by atoms with E-state index < -0.39 is 0 Å². The Morgan fingerprint density at radius 1 is 1.25 bits per heavy atom. The van der Waals surface area contributed by atoms with Gasteiger partial charge in [-0.15, -0.1) is 0 Å². The second kappa shape index (κ2) is 9.26. The van der Waals surface area contributed by atoms with Crippen LogP contribution in [0.4, 0.5) is 9.18 Å². The molecule has 0 aromatic heterocycles. The standard InChI is InChI=1S/C20H20Cl2FN3O2/c1-2-24-20(27)26(11-13-3-6-15(23)7-4-13)12-16-10-19(25-28-16)14-5-8-17(21)18(22)9-14/h3-9,16H,2,10-12H2,1H3,(H,24,27)/t16-/m0/s1. The number of carbonyl (C=O) groups is 1. The Labute approximate surface area is 173 Å². The molecule has 0 unspecified atom stereocenters. The van der Waals surface area contributed by atoms with Crippen molar-refractivity contribution in [2.75, 3.05) is 13.1 Å². The molecular weight excluding hydrogens is 404 g/mol. The Balaban J connectivity index is 1.66. The Morgan fingerprint density at radius 2 is 2.00 bits per heavy atom. The lowest BCUT2D eigenvalue weighted by atomic mass is 10.0. The second-order valence-electron chi connectivity index (χ2n) is 6.44. The number of carbonyl (C=O) groups excluding carboxylic acids is 1. The number of benzene rings is 2. The van der Waals surface area contributed by atoms with Gasteiger partial charge in [0.25, 0.3) is 0 Å².